The van der Waals surface area contributed by atoms with E-state index in [2.05, 4.69) is 20.8 Å². The molecule has 2 saturated carbocycles. The van der Waals surface area contributed by atoms with E-state index in [1.807, 2.05) is 13.8 Å². The third-order valence-electron chi connectivity index (χ3n) is 2.38. The van der Waals surface area contributed by atoms with Crippen LogP contribution in [0.25, 0.3) is 0 Å². The molecule has 2 rings (SSSR count). The SMILES string of the molecule is CC.CC1CC2CC12.CCC. The van der Waals surface area contributed by atoms with Gasteiger partial charge < -0.3 is 0 Å². The summed E-state index contributed by atoms with van der Waals surface area (Å²) < 4.78 is 0. The molecule has 0 aliphatic heterocycles. The van der Waals surface area contributed by atoms with E-state index in [-0.39, 0.29) is 0 Å². The predicted octanol–water partition coefficient (Wildman–Crippen LogP) is 4.10. The smallest absolute Gasteiger partial charge is 0.0357 e. The molecule has 0 aromatic rings. The Morgan fingerprint density at radius 1 is 1.09 bits per heavy atom. The Hall–Kier alpha value is 0. The molecule has 0 heteroatoms. The van der Waals surface area contributed by atoms with Crippen molar-refractivity contribution in [2.24, 2.45) is 17.8 Å². The Balaban J connectivity index is 0.000000176. The van der Waals surface area contributed by atoms with Gasteiger partial charge in [-0.3, -0.25) is 0 Å². The monoisotopic (exact) mass is 156 g/mol. The van der Waals surface area contributed by atoms with E-state index in [9.17, 15) is 0 Å². The quantitative estimate of drug-likeness (QED) is 0.495. The van der Waals surface area contributed by atoms with Crippen LogP contribution in [0.5, 0.6) is 0 Å². The molecule has 0 spiro atoms. The summed E-state index contributed by atoms with van der Waals surface area (Å²) in [5, 5.41) is 0. The maximum atomic E-state index is 2.37. The molecule has 0 heterocycles. The van der Waals surface area contributed by atoms with E-state index in [0.717, 1.165) is 5.92 Å². The van der Waals surface area contributed by atoms with Gasteiger partial charge in [0.05, 0.1) is 0 Å². The third kappa shape index (κ3) is 3.27. The first-order valence-corrected chi connectivity index (χ1v) is 5.29. The second-order valence-electron chi connectivity index (χ2n) is 3.58. The van der Waals surface area contributed by atoms with Crippen LogP contribution in [-0.2, 0) is 0 Å². The summed E-state index contributed by atoms with van der Waals surface area (Å²) in [4.78, 5) is 0. The van der Waals surface area contributed by atoms with E-state index >= 15 is 0 Å². The molecule has 3 unspecified atom stereocenters. The molecule has 0 aromatic carbocycles. The maximum Gasteiger partial charge on any atom is -0.0357 e. The normalized spacial score (nSPS) is 36.3. The molecule has 0 saturated heterocycles. The van der Waals surface area contributed by atoms with Gasteiger partial charge in [-0.05, 0) is 30.6 Å². The van der Waals surface area contributed by atoms with Crippen LogP contribution >= 0.6 is 0 Å². The van der Waals surface area contributed by atoms with E-state index in [1.165, 1.54) is 18.3 Å². The molecule has 3 atom stereocenters. The lowest BCUT2D eigenvalue weighted by Gasteiger charge is -2.18. The largest absolute Gasteiger partial charge is 0.0683 e. The average molecular weight is 156 g/mol. The first-order chi connectivity index (χ1) is 5.29. The number of hydrogen-bond acceptors (Lipinski definition) is 0. The molecule has 0 bridgehead atoms. The lowest BCUT2D eigenvalue weighted by Crippen LogP contribution is -2.10. The summed E-state index contributed by atoms with van der Waals surface area (Å²) >= 11 is 0. The van der Waals surface area contributed by atoms with Crippen LogP contribution in [0.3, 0.4) is 0 Å². The van der Waals surface area contributed by atoms with E-state index < -0.39 is 0 Å². The van der Waals surface area contributed by atoms with Gasteiger partial charge in [-0.15, -0.1) is 0 Å². The minimum atomic E-state index is 1.11. The van der Waals surface area contributed by atoms with Crippen LogP contribution in [0.2, 0.25) is 0 Å². The Labute approximate surface area is 72.4 Å². The van der Waals surface area contributed by atoms with Gasteiger partial charge >= 0.3 is 0 Å². The van der Waals surface area contributed by atoms with Crippen LogP contribution < -0.4 is 0 Å². The summed E-state index contributed by atoms with van der Waals surface area (Å²) in [7, 11) is 0. The lowest BCUT2D eigenvalue weighted by molar-refractivity contribution is 0.317. The van der Waals surface area contributed by atoms with Gasteiger partial charge in [0, 0.05) is 0 Å². The van der Waals surface area contributed by atoms with Crippen LogP contribution in [0, 0.1) is 17.8 Å². The van der Waals surface area contributed by atoms with Gasteiger partial charge in [0.2, 0.25) is 0 Å². The van der Waals surface area contributed by atoms with E-state index in [1.54, 1.807) is 12.8 Å². The van der Waals surface area contributed by atoms with Gasteiger partial charge in [0.1, 0.15) is 0 Å². The molecule has 0 nitrogen and oxygen atoms in total. The lowest BCUT2D eigenvalue weighted by atomic mass is 9.88. The first-order valence-electron chi connectivity index (χ1n) is 5.29. The minimum Gasteiger partial charge on any atom is -0.0683 e. The van der Waals surface area contributed by atoms with Gasteiger partial charge in [-0.25, -0.2) is 0 Å². The highest BCUT2D eigenvalue weighted by Gasteiger charge is 2.50. The van der Waals surface area contributed by atoms with Crippen molar-refractivity contribution in [2.45, 2.75) is 53.9 Å². The van der Waals surface area contributed by atoms with Crippen molar-refractivity contribution < 1.29 is 0 Å². The van der Waals surface area contributed by atoms with Gasteiger partial charge in [-0.1, -0.05) is 41.0 Å². The van der Waals surface area contributed by atoms with Crippen molar-refractivity contribution in [3.8, 4) is 0 Å². The minimum absolute atomic E-state index is 1.11. The molecular weight excluding hydrogens is 132 g/mol. The van der Waals surface area contributed by atoms with Gasteiger partial charge in [0.15, 0.2) is 0 Å². The highest BCUT2D eigenvalue weighted by Crippen LogP contribution is 2.59. The van der Waals surface area contributed by atoms with E-state index in [0.29, 0.717) is 0 Å². The molecule has 0 amide bonds. The highest BCUT2D eigenvalue weighted by molar-refractivity contribution is 5.00. The molecule has 2 fully saturated rings. The molecular formula is C11H24. The highest BCUT2D eigenvalue weighted by atomic mass is 14.6. The molecule has 0 N–H and O–H groups in total. The second-order valence-corrected chi connectivity index (χ2v) is 3.58. The van der Waals surface area contributed by atoms with Crippen molar-refractivity contribution in [3.63, 3.8) is 0 Å². The zero-order chi connectivity index (χ0) is 8.85. The first kappa shape index (κ1) is 11.0. The fourth-order valence-electron chi connectivity index (χ4n) is 1.70. The summed E-state index contributed by atoms with van der Waals surface area (Å²) in [5.41, 5.74) is 0. The molecule has 11 heavy (non-hydrogen) atoms. The standard InChI is InChI=1S/C6H10.C3H8.C2H6/c1-4-2-5-3-6(4)5;1-3-2;1-2/h4-6H,2-3H2,1H3;3H2,1-2H3;1-2H3. The number of fused-ring (bicyclic) bond motifs is 1. The number of hydrogen-bond donors (Lipinski definition) is 0. The van der Waals surface area contributed by atoms with Crippen LogP contribution in [0.4, 0.5) is 0 Å². The molecule has 68 valence electrons. The zero-order valence-electron chi connectivity index (χ0n) is 8.85. The van der Waals surface area contributed by atoms with Crippen molar-refractivity contribution in [1.29, 1.82) is 0 Å². The Bertz CT molecular complexity index is 86.0. The van der Waals surface area contributed by atoms with Crippen molar-refractivity contribution >= 4 is 0 Å². The van der Waals surface area contributed by atoms with Crippen LogP contribution in [0.1, 0.15) is 53.9 Å². The second kappa shape index (κ2) is 5.62. The molecule has 0 aromatic heterocycles. The zero-order valence-corrected chi connectivity index (χ0v) is 8.85. The predicted molar refractivity (Wildman–Crippen MR) is 52.7 cm³/mol. The topological polar surface area (TPSA) is 0 Å². The summed E-state index contributed by atoms with van der Waals surface area (Å²) in [6, 6.07) is 0. The fraction of sp³-hybridized carbons (Fsp3) is 1.00. The van der Waals surface area contributed by atoms with Gasteiger partial charge in [0.25, 0.3) is 0 Å². The van der Waals surface area contributed by atoms with Crippen LogP contribution in [0.15, 0.2) is 0 Å². The average Bonchev–Trinajstić information content (AvgIpc) is 2.67. The summed E-state index contributed by atoms with van der Waals surface area (Å²) in [6.07, 6.45) is 4.37. The molecule has 0 radical (unpaired) electrons. The van der Waals surface area contributed by atoms with Crippen LogP contribution in [-0.4, -0.2) is 0 Å². The maximum absolute atomic E-state index is 2.37. The third-order valence-corrected chi connectivity index (χ3v) is 2.38. The fourth-order valence-corrected chi connectivity index (χ4v) is 1.70. The Kier molecular flexibility index (Phi) is 5.62. The summed E-state index contributed by atoms with van der Waals surface area (Å²) in [5.74, 6) is 3.51. The van der Waals surface area contributed by atoms with Crippen molar-refractivity contribution in [2.75, 3.05) is 0 Å². The Morgan fingerprint density at radius 3 is 1.55 bits per heavy atom. The Morgan fingerprint density at radius 2 is 1.55 bits per heavy atom. The summed E-state index contributed by atoms with van der Waals surface area (Å²) in [6.45, 7) is 10.6. The molecule has 2 aliphatic carbocycles. The molecule has 2 aliphatic rings. The van der Waals surface area contributed by atoms with Crippen molar-refractivity contribution in [1.82, 2.24) is 0 Å². The van der Waals surface area contributed by atoms with E-state index in [4.69, 9.17) is 0 Å². The number of rotatable bonds is 0. The van der Waals surface area contributed by atoms with Gasteiger partial charge in [-0.2, -0.15) is 0 Å². The van der Waals surface area contributed by atoms with Crippen molar-refractivity contribution in [3.05, 3.63) is 0 Å².